The van der Waals surface area contributed by atoms with Crippen molar-refractivity contribution < 1.29 is 128 Å². The van der Waals surface area contributed by atoms with E-state index < -0.39 is 104 Å². The van der Waals surface area contributed by atoms with Gasteiger partial charge >= 0.3 is 76.6 Å². The van der Waals surface area contributed by atoms with Crippen LogP contribution in [0.5, 0.6) is 0 Å². The lowest BCUT2D eigenvalue weighted by Gasteiger charge is -2.45. The van der Waals surface area contributed by atoms with Crippen LogP contribution in [0.3, 0.4) is 0 Å². The summed E-state index contributed by atoms with van der Waals surface area (Å²) in [6.07, 6.45) is -8.25. The minimum absolute atomic E-state index is 0.197. The normalized spacial score (nSPS) is 16.6. The molecule has 0 amide bonds. The van der Waals surface area contributed by atoms with Crippen LogP contribution in [0.25, 0.3) is 0 Å². The van der Waals surface area contributed by atoms with Gasteiger partial charge in [0.1, 0.15) is 6.54 Å². The van der Waals surface area contributed by atoms with Gasteiger partial charge in [-0.1, -0.05) is 6.92 Å². The first-order chi connectivity index (χ1) is 19.9. The molecule has 0 aromatic rings. The molecule has 0 fully saturated rings. The third-order valence-electron chi connectivity index (χ3n) is 5.60. The number of carboxylic acid groups (broad SMARTS) is 1. The van der Waals surface area contributed by atoms with Crippen molar-refractivity contribution in [1.82, 2.24) is 4.31 Å². The van der Waals surface area contributed by atoms with Crippen molar-refractivity contribution in [3.63, 3.8) is 0 Å². The van der Waals surface area contributed by atoms with Crippen molar-refractivity contribution >= 4 is 16.0 Å². The molecule has 0 rings (SSSR count). The fourth-order valence-electron chi connectivity index (χ4n) is 2.78. The number of carboxylic acids is 1. The van der Waals surface area contributed by atoms with Crippen LogP contribution in [-0.2, 0) is 14.8 Å². The summed E-state index contributed by atoms with van der Waals surface area (Å²) in [4.78, 5) is 10.5. The Hall–Kier alpha value is -2.37. The van der Waals surface area contributed by atoms with Crippen LogP contribution >= 0.6 is 0 Å². The molecule has 0 aliphatic heterocycles. The fraction of sp³-hybridized carbons (Fsp3) is 0.938. The van der Waals surface area contributed by atoms with Gasteiger partial charge in [0.15, 0.2) is 0 Å². The van der Waals surface area contributed by atoms with Crippen LogP contribution in [0.1, 0.15) is 6.92 Å². The van der Waals surface area contributed by atoms with Crippen molar-refractivity contribution in [3.8, 4) is 0 Å². The molecule has 0 spiro atoms. The van der Waals surface area contributed by atoms with Crippen molar-refractivity contribution in [2.45, 2.75) is 77.6 Å². The molecule has 5 nitrogen and oxygen atoms in total. The van der Waals surface area contributed by atoms with Gasteiger partial charge in [0, 0.05) is 6.54 Å². The van der Waals surface area contributed by atoms with Crippen LogP contribution in [0.4, 0.5) is 110 Å². The number of nitrogens with zero attached hydrogens (tertiary/aromatic N) is 1. The molecule has 282 valence electrons. The van der Waals surface area contributed by atoms with Gasteiger partial charge in [-0.2, -0.15) is 114 Å². The highest BCUT2D eigenvalue weighted by atomic mass is 32.2. The topological polar surface area (TPSA) is 74.7 Å². The highest BCUT2D eigenvalue weighted by Crippen LogP contribution is 2.68. The summed E-state index contributed by atoms with van der Waals surface area (Å²) in [7, 11) is -7.93. The van der Waals surface area contributed by atoms with E-state index >= 15 is 0 Å². The number of hydrogen-bond donors (Lipinski definition) is 1. The summed E-state index contributed by atoms with van der Waals surface area (Å²) in [5, 5.41) is 0.202. The van der Waals surface area contributed by atoms with Crippen molar-refractivity contribution in [1.29, 1.82) is 0 Å². The first kappa shape index (κ1) is 44.6. The van der Waals surface area contributed by atoms with Crippen LogP contribution in [-0.4, -0.2) is 108 Å². The number of sulfonamides is 1. The van der Waals surface area contributed by atoms with E-state index in [0.29, 0.717) is 0 Å². The van der Waals surface area contributed by atoms with Gasteiger partial charge in [0.05, 0.1) is 0 Å². The Morgan fingerprint density at radius 2 is 0.681 bits per heavy atom. The van der Waals surface area contributed by atoms with Crippen LogP contribution in [0, 0.1) is 0 Å². The van der Waals surface area contributed by atoms with Gasteiger partial charge in [0.2, 0.25) is 0 Å². The first-order valence-electron chi connectivity index (χ1n) is 10.3. The zero-order valence-electron chi connectivity index (χ0n) is 20.9. The average molecular weight is 785 g/mol. The van der Waals surface area contributed by atoms with Gasteiger partial charge in [-0.05, 0) is 0 Å². The largest absolute Gasteiger partial charge is 0.480 e. The number of carbonyl (C=O) groups is 1. The Labute approximate surface area is 240 Å². The molecular weight excluding hydrogens is 777 g/mol. The molecule has 0 unspecified atom stereocenters. The lowest BCUT2D eigenvalue weighted by Crippen LogP contribution is -2.78. The van der Waals surface area contributed by atoms with E-state index in [2.05, 4.69) is 0 Å². The monoisotopic (exact) mass is 785 g/mol. The summed E-state index contributed by atoms with van der Waals surface area (Å²) in [5.74, 6) is -97.0. The molecule has 0 saturated carbocycles. The summed E-state index contributed by atoms with van der Waals surface area (Å²) >= 11 is 0. The molecule has 0 aliphatic rings. The second kappa shape index (κ2) is 11.3. The van der Waals surface area contributed by atoms with Crippen LogP contribution < -0.4 is 0 Å². The Morgan fingerprint density at radius 1 is 0.468 bits per heavy atom. The van der Waals surface area contributed by atoms with Crippen molar-refractivity contribution in [2.24, 2.45) is 0 Å². The van der Waals surface area contributed by atoms with E-state index in [-0.39, 0.29) is 6.92 Å². The van der Waals surface area contributed by atoms with Gasteiger partial charge in [-0.15, -0.1) is 0 Å². The van der Waals surface area contributed by atoms with Crippen LogP contribution in [0.15, 0.2) is 0 Å². The number of aliphatic carboxylic acids is 1. The Bertz CT molecular complexity index is 1290. The Kier molecular flexibility index (Phi) is 10.8. The number of hydrogen-bond acceptors (Lipinski definition) is 3. The maximum Gasteiger partial charge on any atom is 0.460 e. The van der Waals surface area contributed by atoms with E-state index in [1.54, 1.807) is 0 Å². The Balaban J connectivity index is 7.55. The van der Waals surface area contributed by atoms with E-state index in [1.165, 1.54) is 0 Å². The minimum Gasteiger partial charge on any atom is -0.480 e. The summed E-state index contributed by atoms with van der Waals surface area (Å²) in [5.41, 5.74) is 0. The summed E-state index contributed by atoms with van der Waals surface area (Å²) in [6, 6.07) is 0. The highest BCUT2D eigenvalue weighted by Gasteiger charge is 3.00. The molecule has 0 aromatic heterocycles. The molecule has 0 bridgehead atoms. The molecule has 47 heavy (non-hydrogen) atoms. The molecule has 0 heterocycles. The molecule has 0 saturated heterocycles. The van der Waals surface area contributed by atoms with Gasteiger partial charge < -0.3 is 5.11 Å². The zero-order chi connectivity index (χ0) is 39.1. The van der Waals surface area contributed by atoms with Crippen molar-refractivity contribution in [2.75, 3.05) is 13.1 Å². The number of likely N-dealkylation sites (N-methyl/N-ethyl adjacent to an activating group) is 1. The average Bonchev–Trinajstić information content (AvgIpc) is 2.84. The van der Waals surface area contributed by atoms with Gasteiger partial charge in [-0.3, -0.25) is 4.79 Å². The molecule has 0 aliphatic carbocycles. The molecule has 31 heteroatoms. The number of alkyl halides is 25. The maximum absolute atomic E-state index is 14.1. The minimum atomic E-state index is -9.80. The smallest absolute Gasteiger partial charge is 0.460 e. The Morgan fingerprint density at radius 3 is 0.872 bits per heavy atom. The van der Waals surface area contributed by atoms with E-state index in [1.807, 2.05) is 0 Å². The predicted octanol–water partition coefficient (Wildman–Crippen LogP) is 7.23. The van der Waals surface area contributed by atoms with E-state index in [4.69, 9.17) is 5.11 Å². The summed E-state index contributed by atoms with van der Waals surface area (Å²) in [6.45, 7) is -4.14. The molecule has 0 atom stereocenters. The molecule has 1 N–H and O–H groups in total. The number of halogens is 25. The van der Waals surface area contributed by atoms with Gasteiger partial charge in [0.25, 0.3) is 10.0 Å². The second-order valence-electron chi connectivity index (χ2n) is 8.58. The zero-order valence-corrected chi connectivity index (χ0v) is 21.7. The molecule has 0 aromatic carbocycles. The first-order valence-corrected chi connectivity index (χ1v) is 11.8. The SMILES string of the molecule is CCN(CC(=O)O)S(=O)(=O)C(F)(F)C(F)(F)C(F)(F)C(F)(F)C(F)(F)C(F)(F)C(F)(F)C(F)(F)C(F)(F)C(F)(F)C(F)(F)C(F)(F)F. The highest BCUT2D eigenvalue weighted by molar-refractivity contribution is 7.90. The lowest BCUT2D eigenvalue weighted by atomic mass is 9.85. The standard InChI is InChI=1S/C16H8F25NO4S/c1-2-42(3-4(43)44)47(45,46)16(40,41)14(35,36)12(31,32)10(27,28)8(23,24)6(19,20)5(17,18)7(21,22)9(25,26)11(29,30)13(33,34)15(37,38)39/h2-3H2,1H3,(H,43,44). The maximum atomic E-state index is 14.1. The van der Waals surface area contributed by atoms with Gasteiger partial charge in [-0.25, -0.2) is 8.42 Å². The summed E-state index contributed by atoms with van der Waals surface area (Å²) < 4.78 is 358. The lowest BCUT2D eigenvalue weighted by molar-refractivity contribution is -0.480. The molecular formula is C16H8F25NO4S. The third-order valence-corrected chi connectivity index (χ3v) is 7.57. The molecule has 0 radical (unpaired) electrons. The second-order valence-corrected chi connectivity index (χ2v) is 10.6. The van der Waals surface area contributed by atoms with E-state index in [0.717, 1.165) is 0 Å². The van der Waals surface area contributed by atoms with E-state index in [9.17, 15) is 123 Å². The quantitative estimate of drug-likeness (QED) is 0.178. The number of rotatable bonds is 15. The predicted molar refractivity (Wildman–Crippen MR) is 94.3 cm³/mol. The third kappa shape index (κ3) is 5.46. The van der Waals surface area contributed by atoms with Crippen LogP contribution in [0.2, 0.25) is 0 Å². The fourth-order valence-corrected chi connectivity index (χ4v) is 4.18. The van der Waals surface area contributed by atoms with Crippen molar-refractivity contribution in [3.05, 3.63) is 0 Å².